The van der Waals surface area contributed by atoms with Gasteiger partial charge in [0.15, 0.2) is 6.10 Å². The van der Waals surface area contributed by atoms with Crippen molar-refractivity contribution >= 4 is 17.9 Å². The number of carbonyl (C=O) groups is 3. The van der Waals surface area contributed by atoms with Gasteiger partial charge >= 0.3 is 12.0 Å². The molecule has 3 amide bonds. The standard InChI is InChI=1S/C16H24N2O4/c1-11(22-14(19)10-12-6-2-3-7-12)15(20)18-16(21)17-13-8-4-5-9-13/h2,6,11-13H,3-5,7-10H2,1H3,(H2,17,18,20,21)/t11-,12-/m0/s1. The van der Waals surface area contributed by atoms with E-state index in [1.54, 1.807) is 0 Å². The smallest absolute Gasteiger partial charge is 0.321 e. The molecule has 0 radical (unpaired) electrons. The molecular formula is C16H24N2O4. The Kier molecular flexibility index (Phi) is 5.98. The zero-order chi connectivity index (χ0) is 15.9. The Morgan fingerprint density at radius 3 is 2.59 bits per heavy atom. The number of rotatable bonds is 5. The van der Waals surface area contributed by atoms with Crippen LogP contribution in [-0.2, 0) is 14.3 Å². The molecule has 22 heavy (non-hydrogen) atoms. The lowest BCUT2D eigenvalue weighted by molar-refractivity contribution is -0.155. The number of hydrogen-bond donors (Lipinski definition) is 2. The lowest BCUT2D eigenvalue weighted by Gasteiger charge is -2.16. The van der Waals surface area contributed by atoms with Crippen molar-refractivity contribution in [3.8, 4) is 0 Å². The maximum absolute atomic E-state index is 11.8. The Morgan fingerprint density at radius 1 is 1.23 bits per heavy atom. The van der Waals surface area contributed by atoms with Gasteiger partial charge in [0.2, 0.25) is 0 Å². The maximum atomic E-state index is 11.8. The van der Waals surface area contributed by atoms with Crippen LogP contribution in [0, 0.1) is 5.92 Å². The molecule has 2 aliphatic carbocycles. The number of esters is 1. The Labute approximate surface area is 130 Å². The van der Waals surface area contributed by atoms with Crippen LogP contribution in [0.5, 0.6) is 0 Å². The second-order valence-electron chi connectivity index (χ2n) is 6.05. The fraction of sp³-hybridized carbons (Fsp3) is 0.688. The summed E-state index contributed by atoms with van der Waals surface area (Å²) in [6, 6.07) is -0.377. The Hall–Kier alpha value is -1.85. The molecule has 122 valence electrons. The Balaban J connectivity index is 1.67. The number of ether oxygens (including phenoxy) is 1. The zero-order valence-electron chi connectivity index (χ0n) is 13.0. The van der Waals surface area contributed by atoms with Crippen LogP contribution in [0.25, 0.3) is 0 Å². The van der Waals surface area contributed by atoms with Crippen LogP contribution in [0.4, 0.5) is 4.79 Å². The van der Waals surface area contributed by atoms with Gasteiger partial charge < -0.3 is 10.1 Å². The summed E-state index contributed by atoms with van der Waals surface area (Å²) in [5.41, 5.74) is 0. The molecule has 0 aromatic carbocycles. The van der Waals surface area contributed by atoms with Crippen molar-refractivity contribution in [1.82, 2.24) is 10.6 Å². The average Bonchev–Trinajstić information content (AvgIpc) is 3.11. The van der Waals surface area contributed by atoms with E-state index < -0.39 is 24.0 Å². The molecular weight excluding hydrogens is 284 g/mol. The third kappa shape index (κ3) is 5.16. The molecule has 2 atom stereocenters. The summed E-state index contributed by atoms with van der Waals surface area (Å²) in [6.45, 7) is 1.47. The molecule has 0 spiro atoms. The van der Waals surface area contributed by atoms with Gasteiger partial charge in [-0.3, -0.25) is 14.9 Å². The first-order valence-electron chi connectivity index (χ1n) is 8.02. The van der Waals surface area contributed by atoms with E-state index >= 15 is 0 Å². The van der Waals surface area contributed by atoms with E-state index in [1.165, 1.54) is 6.92 Å². The van der Waals surface area contributed by atoms with Gasteiger partial charge in [0, 0.05) is 6.04 Å². The van der Waals surface area contributed by atoms with Crippen LogP contribution >= 0.6 is 0 Å². The van der Waals surface area contributed by atoms with Gasteiger partial charge in [0.05, 0.1) is 6.42 Å². The van der Waals surface area contributed by atoms with E-state index in [9.17, 15) is 14.4 Å². The van der Waals surface area contributed by atoms with Crippen molar-refractivity contribution in [3.05, 3.63) is 12.2 Å². The summed E-state index contributed by atoms with van der Waals surface area (Å²) in [7, 11) is 0. The first-order chi connectivity index (χ1) is 10.5. The summed E-state index contributed by atoms with van der Waals surface area (Å²) < 4.78 is 5.08. The Morgan fingerprint density at radius 2 is 1.95 bits per heavy atom. The van der Waals surface area contributed by atoms with Gasteiger partial charge in [-0.1, -0.05) is 25.0 Å². The molecule has 0 saturated heterocycles. The third-order valence-corrected chi connectivity index (χ3v) is 4.15. The van der Waals surface area contributed by atoms with Crippen LogP contribution in [0.15, 0.2) is 12.2 Å². The van der Waals surface area contributed by atoms with Crippen LogP contribution in [-0.4, -0.2) is 30.1 Å². The summed E-state index contributed by atoms with van der Waals surface area (Å²) >= 11 is 0. The number of carbonyl (C=O) groups excluding carboxylic acids is 3. The predicted molar refractivity (Wildman–Crippen MR) is 81.0 cm³/mol. The molecule has 0 aliphatic heterocycles. The monoisotopic (exact) mass is 308 g/mol. The highest BCUT2D eigenvalue weighted by Crippen LogP contribution is 2.21. The largest absolute Gasteiger partial charge is 0.453 e. The number of allylic oxidation sites excluding steroid dienone is 2. The number of hydrogen-bond acceptors (Lipinski definition) is 4. The van der Waals surface area contributed by atoms with Crippen molar-refractivity contribution < 1.29 is 19.1 Å². The molecule has 1 fully saturated rings. The minimum absolute atomic E-state index is 0.139. The van der Waals surface area contributed by atoms with E-state index in [2.05, 4.69) is 10.6 Å². The van der Waals surface area contributed by atoms with Crippen molar-refractivity contribution in [2.75, 3.05) is 0 Å². The second-order valence-corrected chi connectivity index (χ2v) is 6.05. The molecule has 0 heterocycles. The van der Waals surface area contributed by atoms with Gasteiger partial charge in [-0.25, -0.2) is 4.79 Å². The number of nitrogens with one attached hydrogen (secondary N) is 2. The molecule has 2 rings (SSSR count). The highest BCUT2D eigenvalue weighted by molar-refractivity contribution is 5.97. The van der Waals surface area contributed by atoms with Crippen LogP contribution in [0.1, 0.15) is 51.9 Å². The van der Waals surface area contributed by atoms with E-state index in [-0.39, 0.29) is 18.4 Å². The van der Waals surface area contributed by atoms with E-state index in [0.29, 0.717) is 0 Å². The number of amides is 3. The summed E-state index contributed by atoms with van der Waals surface area (Å²) in [4.78, 5) is 35.3. The predicted octanol–water partition coefficient (Wildman–Crippen LogP) is 2.04. The van der Waals surface area contributed by atoms with Gasteiger partial charge in [0.1, 0.15) is 0 Å². The second kappa shape index (κ2) is 7.96. The molecule has 6 heteroatoms. The first-order valence-corrected chi connectivity index (χ1v) is 8.02. The third-order valence-electron chi connectivity index (χ3n) is 4.15. The minimum Gasteiger partial charge on any atom is -0.453 e. The average molecular weight is 308 g/mol. The highest BCUT2D eigenvalue weighted by Gasteiger charge is 2.23. The van der Waals surface area contributed by atoms with Crippen molar-refractivity contribution in [2.45, 2.75) is 64.0 Å². The lowest BCUT2D eigenvalue weighted by Crippen LogP contribution is -2.47. The number of imide groups is 1. The lowest BCUT2D eigenvalue weighted by atomic mass is 10.1. The molecule has 0 bridgehead atoms. The zero-order valence-corrected chi connectivity index (χ0v) is 13.0. The van der Waals surface area contributed by atoms with Gasteiger partial charge in [-0.05, 0) is 38.5 Å². The normalized spacial score (nSPS) is 22.3. The molecule has 2 aliphatic rings. The quantitative estimate of drug-likeness (QED) is 0.601. The number of urea groups is 1. The van der Waals surface area contributed by atoms with Crippen LogP contribution < -0.4 is 10.6 Å². The minimum atomic E-state index is -0.966. The molecule has 0 aromatic heterocycles. The van der Waals surface area contributed by atoms with E-state index in [0.717, 1.165) is 38.5 Å². The SMILES string of the molecule is C[C@H](OC(=O)C[C@H]1C=CCC1)C(=O)NC(=O)NC1CCCC1. The molecule has 2 N–H and O–H groups in total. The molecule has 1 saturated carbocycles. The summed E-state index contributed by atoms with van der Waals surface area (Å²) in [6.07, 6.45) is 9.37. The fourth-order valence-corrected chi connectivity index (χ4v) is 2.88. The van der Waals surface area contributed by atoms with E-state index in [4.69, 9.17) is 4.74 Å². The molecule has 0 aromatic rings. The van der Waals surface area contributed by atoms with Gasteiger partial charge in [0.25, 0.3) is 5.91 Å². The maximum Gasteiger partial charge on any atom is 0.321 e. The van der Waals surface area contributed by atoms with Gasteiger partial charge in [-0.15, -0.1) is 0 Å². The van der Waals surface area contributed by atoms with Crippen LogP contribution in [0.2, 0.25) is 0 Å². The van der Waals surface area contributed by atoms with Crippen molar-refractivity contribution in [2.24, 2.45) is 5.92 Å². The fourth-order valence-electron chi connectivity index (χ4n) is 2.88. The molecule has 0 unspecified atom stereocenters. The van der Waals surface area contributed by atoms with Crippen molar-refractivity contribution in [3.63, 3.8) is 0 Å². The summed E-state index contributed by atoms with van der Waals surface area (Å²) in [5, 5.41) is 4.98. The van der Waals surface area contributed by atoms with Crippen LogP contribution in [0.3, 0.4) is 0 Å². The first kappa shape index (κ1) is 16.5. The molecule has 6 nitrogen and oxygen atoms in total. The highest BCUT2D eigenvalue weighted by atomic mass is 16.5. The van der Waals surface area contributed by atoms with E-state index in [1.807, 2.05) is 12.2 Å². The van der Waals surface area contributed by atoms with Crippen molar-refractivity contribution in [1.29, 1.82) is 0 Å². The van der Waals surface area contributed by atoms with Gasteiger partial charge in [-0.2, -0.15) is 0 Å². The summed E-state index contributed by atoms with van der Waals surface area (Å²) in [5.74, 6) is -0.797. The topological polar surface area (TPSA) is 84.5 Å². The Bertz CT molecular complexity index is 455.